The fraction of sp³-hybridized carbons (Fsp3) is 0. The van der Waals surface area contributed by atoms with Gasteiger partial charge in [-0.25, -0.2) is 0 Å². The Kier molecular flexibility index (Phi) is 7.81. The maximum atomic E-state index is 6.45. The van der Waals surface area contributed by atoms with E-state index >= 15 is 0 Å². The first kappa shape index (κ1) is 37.3. The van der Waals surface area contributed by atoms with Gasteiger partial charge in [-0.05, 0) is 158 Å². The van der Waals surface area contributed by atoms with Gasteiger partial charge in [0.25, 0.3) is 0 Å². The molecule has 0 N–H and O–H groups in total. The van der Waals surface area contributed by atoms with Crippen LogP contribution in [0.1, 0.15) is 0 Å². The first-order valence-electron chi connectivity index (χ1n) is 23.4. The Hall–Kier alpha value is -8.98. The van der Waals surface area contributed by atoms with Crippen molar-refractivity contribution in [2.24, 2.45) is 0 Å². The van der Waals surface area contributed by atoms with Crippen LogP contribution in [0.3, 0.4) is 0 Å². The summed E-state index contributed by atoms with van der Waals surface area (Å²) in [5, 5.41) is 19.2. The van der Waals surface area contributed by atoms with Gasteiger partial charge in [0.15, 0.2) is 0 Å². The van der Waals surface area contributed by atoms with E-state index < -0.39 is 0 Å². The van der Waals surface area contributed by atoms with Crippen molar-refractivity contribution in [2.75, 3.05) is 0 Å². The molecule has 0 fully saturated rings. The van der Waals surface area contributed by atoms with Crippen molar-refractivity contribution in [1.82, 2.24) is 0 Å². The summed E-state index contributed by atoms with van der Waals surface area (Å²) >= 11 is 0. The highest BCUT2D eigenvalue weighted by molar-refractivity contribution is 6.24. The Bertz CT molecular complexity index is 4190. The summed E-state index contributed by atoms with van der Waals surface area (Å²) in [4.78, 5) is 0. The molecule has 0 spiro atoms. The highest BCUT2D eigenvalue weighted by atomic mass is 16.3. The number of fused-ring (bicyclic) bond motifs is 12. The number of benzene rings is 13. The standard InChI is InChI=1S/C66H38O2/c1-3-15-43-37-61-57(33-41(43)13-1)55-35-45(29-31-59(55)67-61)65-51-21-9-5-17-47(51)63(48-18-6-10-22-52(48)65)39-25-27-40(28-26-39)64-49-19-7-11-23-53(49)66(54-24-12-8-20-50(54)64)46-30-32-60-56(36-46)58-34-42-14-2-4-16-44(42)38-62(58)68-60/h1-38H. The van der Waals surface area contributed by atoms with E-state index in [2.05, 4.69) is 231 Å². The van der Waals surface area contributed by atoms with Gasteiger partial charge < -0.3 is 8.83 Å². The normalized spacial score (nSPS) is 12.1. The molecule has 0 aliphatic rings. The van der Waals surface area contributed by atoms with Gasteiger partial charge in [-0.2, -0.15) is 0 Å². The zero-order valence-electron chi connectivity index (χ0n) is 36.8. The molecule has 13 aromatic carbocycles. The van der Waals surface area contributed by atoms with Crippen LogP contribution in [0.5, 0.6) is 0 Å². The van der Waals surface area contributed by atoms with Crippen molar-refractivity contribution in [3.8, 4) is 44.5 Å². The van der Waals surface area contributed by atoms with Crippen LogP contribution < -0.4 is 0 Å². The van der Waals surface area contributed by atoms with Crippen LogP contribution >= 0.6 is 0 Å². The smallest absolute Gasteiger partial charge is 0.136 e. The van der Waals surface area contributed by atoms with Gasteiger partial charge in [-0.15, -0.1) is 0 Å². The molecule has 0 saturated heterocycles. The number of rotatable bonds is 4. The Morgan fingerprint density at radius 3 is 0.750 bits per heavy atom. The number of furan rings is 2. The van der Waals surface area contributed by atoms with Crippen LogP contribution in [0.15, 0.2) is 239 Å². The molecule has 2 nitrogen and oxygen atoms in total. The zero-order valence-corrected chi connectivity index (χ0v) is 36.8. The van der Waals surface area contributed by atoms with Crippen molar-refractivity contribution in [2.45, 2.75) is 0 Å². The summed E-state index contributed by atoms with van der Waals surface area (Å²) in [5.74, 6) is 0. The van der Waals surface area contributed by atoms with Crippen molar-refractivity contribution in [1.29, 1.82) is 0 Å². The molecule has 2 aromatic heterocycles. The summed E-state index contributed by atoms with van der Waals surface area (Å²) in [7, 11) is 0. The maximum absolute atomic E-state index is 6.45. The molecule has 0 atom stereocenters. The first-order valence-corrected chi connectivity index (χ1v) is 23.4. The Balaban J connectivity index is 0.889. The minimum absolute atomic E-state index is 0.901. The predicted octanol–water partition coefficient (Wildman–Crippen LogP) is 19.1. The van der Waals surface area contributed by atoms with Crippen molar-refractivity contribution in [3.63, 3.8) is 0 Å². The van der Waals surface area contributed by atoms with Crippen LogP contribution in [0.2, 0.25) is 0 Å². The summed E-state index contributed by atoms with van der Waals surface area (Å²) in [6.07, 6.45) is 0. The Morgan fingerprint density at radius 1 is 0.176 bits per heavy atom. The van der Waals surface area contributed by atoms with Gasteiger partial charge in [0, 0.05) is 21.5 Å². The van der Waals surface area contributed by atoms with E-state index in [0.717, 1.165) is 43.9 Å². The second-order valence-electron chi connectivity index (χ2n) is 18.3. The highest BCUT2D eigenvalue weighted by Gasteiger charge is 2.21. The highest BCUT2D eigenvalue weighted by Crippen LogP contribution is 2.48. The Labute approximate surface area is 390 Å². The van der Waals surface area contributed by atoms with Crippen LogP contribution in [0, 0.1) is 0 Å². The quantitative estimate of drug-likeness (QED) is 0.165. The first-order chi connectivity index (χ1) is 33.7. The summed E-state index contributed by atoms with van der Waals surface area (Å²) in [6.45, 7) is 0. The van der Waals surface area contributed by atoms with Gasteiger partial charge in [-0.1, -0.05) is 182 Å². The molecule has 0 unspecified atom stereocenters. The molecule has 0 bridgehead atoms. The van der Waals surface area contributed by atoms with E-state index in [0.29, 0.717) is 0 Å². The second kappa shape index (κ2) is 14.3. The second-order valence-corrected chi connectivity index (χ2v) is 18.3. The third-order valence-corrected chi connectivity index (χ3v) is 14.6. The van der Waals surface area contributed by atoms with E-state index in [1.54, 1.807) is 0 Å². The predicted molar refractivity (Wildman–Crippen MR) is 288 cm³/mol. The lowest BCUT2D eigenvalue weighted by atomic mass is 9.84. The molecule has 2 heterocycles. The van der Waals surface area contributed by atoms with Gasteiger partial charge in [-0.3, -0.25) is 0 Å². The van der Waals surface area contributed by atoms with Crippen molar-refractivity contribution < 1.29 is 8.83 Å². The van der Waals surface area contributed by atoms with Gasteiger partial charge >= 0.3 is 0 Å². The number of hydrogen-bond donors (Lipinski definition) is 0. The molecular weight excluding hydrogens is 825 g/mol. The minimum Gasteiger partial charge on any atom is -0.456 e. The topological polar surface area (TPSA) is 26.3 Å². The third kappa shape index (κ3) is 5.46. The minimum atomic E-state index is 0.901. The maximum Gasteiger partial charge on any atom is 0.136 e. The van der Waals surface area contributed by atoms with Crippen LogP contribution in [0.25, 0.3) is 153 Å². The molecule has 15 rings (SSSR count). The molecule has 0 aliphatic carbocycles. The average molecular weight is 863 g/mol. The van der Waals surface area contributed by atoms with Gasteiger partial charge in [0.05, 0.1) is 0 Å². The molecule has 0 radical (unpaired) electrons. The molecule has 2 heteroatoms. The molecule has 0 saturated carbocycles. The number of hydrogen-bond acceptors (Lipinski definition) is 2. The molecular formula is C66H38O2. The molecule has 68 heavy (non-hydrogen) atoms. The molecule has 0 amide bonds. The van der Waals surface area contributed by atoms with Crippen molar-refractivity contribution in [3.05, 3.63) is 231 Å². The fourth-order valence-electron chi connectivity index (χ4n) is 11.5. The molecule has 314 valence electrons. The lowest BCUT2D eigenvalue weighted by Gasteiger charge is -2.19. The van der Waals surface area contributed by atoms with E-state index in [-0.39, 0.29) is 0 Å². The fourth-order valence-corrected chi connectivity index (χ4v) is 11.5. The molecule has 0 aliphatic heterocycles. The zero-order chi connectivity index (χ0) is 44.5. The monoisotopic (exact) mass is 862 g/mol. The van der Waals surface area contributed by atoms with Crippen LogP contribution in [0.4, 0.5) is 0 Å². The lowest BCUT2D eigenvalue weighted by Crippen LogP contribution is -1.92. The largest absolute Gasteiger partial charge is 0.456 e. The van der Waals surface area contributed by atoms with Gasteiger partial charge in [0.2, 0.25) is 0 Å². The average Bonchev–Trinajstić information content (AvgIpc) is 3.94. The van der Waals surface area contributed by atoms with E-state index in [1.165, 1.54) is 109 Å². The van der Waals surface area contributed by atoms with Crippen molar-refractivity contribution >= 4 is 109 Å². The van der Waals surface area contributed by atoms with Crippen LogP contribution in [-0.2, 0) is 0 Å². The van der Waals surface area contributed by atoms with E-state index in [1.807, 2.05) is 0 Å². The summed E-state index contributed by atoms with van der Waals surface area (Å²) in [6, 6.07) is 84.3. The molecule has 15 aromatic rings. The summed E-state index contributed by atoms with van der Waals surface area (Å²) in [5.41, 5.74) is 13.3. The van der Waals surface area contributed by atoms with Crippen LogP contribution in [-0.4, -0.2) is 0 Å². The SMILES string of the molecule is c1ccc2cc3c(cc2c1)oc1ccc(-c2c4ccccc4c(-c4ccc(-c5c6ccccc6c(-c6ccc7oc8cc9ccccc9cc8c7c6)c6ccccc56)cc4)c4ccccc24)cc13. The lowest BCUT2D eigenvalue weighted by molar-refractivity contribution is 0.669. The van der Waals surface area contributed by atoms with Gasteiger partial charge in [0.1, 0.15) is 22.3 Å². The third-order valence-electron chi connectivity index (χ3n) is 14.6. The van der Waals surface area contributed by atoms with E-state index in [4.69, 9.17) is 8.83 Å². The summed E-state index contributed by atoms with van der Waals surface area (Å²) < 4.78 is 12.9. The Morgan fingerprint density at radius 2 is 0.426 bits per heavy atom. The van der Waals surface area contributed by atoms with E-state index in [9.17, 15) is 0 Å².